The Morgan fingerprint density at radius 1 is 1.00 bits per heavy atom. The molecule has 0 aliphatic rings. The van der Waals surface area contributed by atoms with Gasteiger partial charge in [-0.15, -0.1) is 0 Å². The van der Waals surface area contributed by atoms with E-state index in [0.717, 1.165) is 6.26 Å². The summed E-state index contributed by atoms with van der Waals surface area (Å²) in [5.41, 5.74) is 0.396. The molecule has 6 nitrogen and oxygen atoms in total. The highest BCUT2D eigenvalue weighted by Crippen LogP contribution is 2.35. The Labute approximate surface area is 219 Å². The van der Waals surface area contributed by atoms with Gasteiger partial charge in [-0.25, -0.2) is 17.6 Å². The lowest BCUT2D eigenvalue weighted by atomic mass is 9.93. The van der Waals surface area contributed by atoms with Crippen molar-refractivity contribution in [3.05, 3.63) is 87.7 Å². The number of aliphatic hydroxyl groups is 1. The zero-order valence-corrected chi connectivity index (χ0v) is 22.4. The number of halogens is 3. The molecule has 0 unspecified atom stereocenters. The van der Waals surface area contributed by atoms with Crippen molar-refractivity contribution in [1.29, 1.82) is 0 Å². The number of nitrogens with one attached hydrogen (secondary N) is 1. The molecule has 0 bridgehead atoms. The van der Waals surface area contributed by atoms with Crippen molar-refractivity contribution < 1.29 is 27.4 Å². The SMILES string of the molecule is CC(C)(C)OC(=O)N[C@@H](c1ccc(Cl)c(Cl)c1)[C@H](O)c1ccc(-c2cccc(S(C)(=O)=O)c2)cc1F. The molecular formula is C26H26Cl2FNO5S. The van der Waals surface area contributed by atoms with Crippen molar-refractivity contribution in [3.8, 4) is 11.1 Å². The van der Waals surface area contributed by atoms with Gasteiger partial charge in [0.2, 0.25) is 0 Å². The van der Waals surface area contributed by atoms with E-state index >= 15 is 4.39 Å². The summed E-state index contributed by atoms with van der Waals surface area (Å²) in [5, 5.41) is 14.2. The molecule has 0 saturated carbocycles. The summed E-state index contributed by atoms with van der Waals surface area (Å²) in [5.74, 6) is -0.749. The quantitative estimate of drug-likeness (QED) is 0.363. The van der Waals surface area contributed by atoms with Crippen molar-refractivity contribution in [2.24, 2.45) is 0 Å². The van der Waals surface area contributed by atoms with Gasteiger partial charge in [-0.3, -0.25) is 0 Å². The highest BCUT2D eigenvalue weighted by Gasteiger charge is 2.29. The van der Waals surface area contributed by atoms with Crippen molar-refractivity contribution >= 4 is 39.1 Å². The Morgan fingerprint density at radius 2 is 1.67 bits per heavy atom. The fourth-order valence-electron chi connectivity index (χ4n) is 3.52. The van der Waals surface area contributed by atoms with Crippen LogP contribution in [0.2, 0.25) is 10.0 Å². The predicted octanol–water partition coefficient (Wildman–Crippen LogP) is 6.50. The minimum Gasteiger partial charge on any atom is -0.444 e. The molecule has 36 heavy (non-hydrogen) atoms. The Balaban J connectivity index is 1.99. The first-order valence-corrected chi connectivity index (χ1v) is 13.5. The third-order valence-electron chi connectivity index (χ3n) is 5.21. The van der Waals surface area contributed by atoms with Crippen LogP contribution >= 0.6 is 23.2 Å². The van der Waals surface area contributed by atoms with Crippen molar-refractivity contribution in [2.45, 2.75) is 43.4 Å². The molecule has 3 rings (SSSR count). The number of rotatable bonds is 6. The van der Waals surface area contributed by atoms with Gasteiger partial charge in [0.25, 0.3) is 0 Å². The third kappa shape index (κ3) is 6.97. The molecule has 0 aliphatic heterocycles. The van der Waals surface area contributed by atoms with Crippen molar-refractivity contribution in [1.82, 2.24) is 5.32 Å². The molecule has 2 atom stereocenters. The van der Waals surface area contributed by atoms with Crippen LogP contribution in [0.25, 0.3) is 11.1 Å². The monoisotopic (exact) mass is 553 g/mol. The Morgan fingerprint density at radius 3 is 2.25 bits per heavy atom. The van der Waals surface area contributed by atoms with Crippen molar-refractivity contribution in [3.63, 3.8) is 0 Å². The molecule has 3 aromatic rings. The zero-order valence-electron chi connectivity index (χ0n) is 20.1. The molecule has 0 aromatic heterocycles. The van der Waals surface area contributed by atoms with Gasteiger partial charge in [0.15, 0.2) is 9.84 Å². The van der Waals surface area contributed by atoms with Crippen molar-refractivity contribution in [2.75, 3.05) is 6.26 Å². The van der Waals surface area contributed by atoms with Crippen LogP contribution in [0.4, 0.5) is 9.18 Å². The molecule has 10 heteroatoms. The summed E-state index contributed by atoms with van der Waals surface area (Å²) in [6.45, 7) is 5.07. The van der Waals surface area contributed by atoms with Crippen LogP contribution in [0.5, 0.6) is 0 Å². The van der Waals surface area contributed by atoms with Crippen LogP contribution in [0, 0.1) is 5.82 Å². The second-order valence-corrected chi connectivity index (χ2v) is 12.1. The number of carbonyl (C=O) groups is 1. The van der Waals surface area contributed by atoms with Crippen LogP contribution in [0.1, 0.15) is 44.0 Å². The number of benzene rings is 3. The number of sulfone groups is 1. The van der Waals surface area contributed by atoms with Gasteiger partial charge in [0.05, 0.1) is 21.0 Å². The van der Waals surface area contributed by atoms with Gasteiger partial charge in [0.1, 0.15) is 17.5 Å². The smallest absolute Gasteiger partial charge is 0.408 e. The zero-order chi connectivity index (χ0) is 26.8. The second-order valence-electron chi connectivity index (χ2n) is 9.28. The number of ether oxygens (including phenoxy) is 1. The van der Waals surface area contributed by atoms with Crippen LogP contribution in [-0.4, -0.2) is 31.5 Å². The molecule has 0 aliphatic carbocycles. The molecular weight excluding hydrogens is 528 g/mol. The molecule has 0 saturated heterocycles. The largest absolute Gasteiger partial charge is 0.444 e. The lowest BCUT2D eigenvalue weighted by Gasteiger charge is -2.28. The predicted molar refractivity (Wildman–Crippen MR) is 138 cm³/mol. The maximum absolute atomic E-state index is 15.3. The van der Waals surface area contributed by atoms with Crippen LogP contribution in [-0.2, 0) is 14.6 Å². The van der Waals surface area contributed by atoms with Gasteiger partial charge < -0.3 is 15.2 Å². The minimum absolute atomic E-state index is 0.0925. The van der Waals surface area contributed by atoms with E-state index in [2.05, 4.69) is 5.32 Å². The molecule has 0 fully saturated rings. The number of hydrogen-bond acceptors (Lipinski definition) is 5. The van der Waals surface area contributed by atoms with E-state index in [1.807, 2.05) is 0 Å². The molecule has 3 aromatic carbocycles. The standard InChI is InChI=1S/C26H26Cl2FNO5S/c1-26(2,3)35-25(32)30-23(17-9-11-20(27)21(28)13-17)24(31)19-10-8-16(14-22(19)29)15-6-5-7-18(12-15)36(4,33)34/h5-14,23-24,31H,1-4H3,(H,30,32)/t23-,24+/m0/s1. The Kier molecular flexibility index (Phi) is 8.35. The average molecular weight is 554 g/mol. The third-order valence-corrected chi connectivity index (χ3v) is 7.05. The number of carbonyl (C=O) groups excluding carboxylic acids is 1. The Hall–Kier alpha value is -2.65. The van der Waals surface area contributed by atoms with E-state index < -0.39 is 39.5 Å². The van der Waals surface area contributed by atoms with Gasteiger partial charge >= 0.3 is 6.09 Å². The minimum atomic E-state index is -3.44. The molecule has 2 N–H and O–H groups in total. The summed E-state index contributed by atoms with van der Waals surface area (Å²) in [7, 11) is -3.44. The molecule has 1 amide bonds. The lowest BCUT2D eigenvalue weighted by Crippen LogP contribution is -2.37. The number of aliphatic hydroxyl groups excluding tert-OH is 1. The normalized spacial score (nSPS) is 13.7. The topological polar surface area (TPSA) is 92.7 Å². The fourth-order valence-corrected chi connectivity index (χ4v) is 4.49. The summed E-state index contributed by atoms with van der Waals surface area (Å²) >= 11 is 12.2. The number of hydrogen-bond donors (Lipinski definition) is 2. The lowest BCUT2D eigenvalue weighted by molar-refractivity contribution is 0.0415. The first-order chi connectivity index (χ1) is 16.7. The number of amides is 1. The maximum atomic E-state index is 15.3. The van der Waals surface area contributed by atoms with E-state index in [4.69, 9.17) is 27.9 Å². The highest BCUT2D eigenvalue weighted by atomic mass is 35.5. The first kappa shape index (κ1) is 27.9. The second kappa shape index (κ2) is 10.8. The first-order valence-electron chi connectivity index (χ1n) is 10.9. The molecule has 0 radical (unpaired) electrons. The van der Waals surface area contributed by atoms with Gasteiger partial charge in [-0.2, -0.15) is 0 Å². The van der Waals surface area contributed by atoms with Gasteiger partial charge in [0, 0.05) is 11.8 Å². The average Bonchev–Trinajstić information content (AvgIpc) is 2.77. The maximum Gasteiger partial charge on any atom is 0.408 e. The summed E-state index contributed by atoms with van der Waals surface area (Å²) in [4.78, 5) is 12.6. The van der Waals surface area contributed by atoms with Gasteiger partial charge in [-0.1, -0.05) is 53.5 Å². The van der Waals surface area contributed by atoms with E-state index in [9.17, 15) is 18.3 Å². The summed E-state index contributed by atoms with van der Waals surface area (Å²) in [6.07, 6.45) is -1.24. The summed E-state index contributed by atoms with van der Waals surface area (Å²) < 4.78 is 44.4. The van der Waals surface area contributed by atoms with E-state index in [1.54, 1.807) is 45.0 Å². The van der Waals surface area contributed by atoms with E-state index in [1.165, 1.54) is 36.4 Å². The van der Waals surface area contributed by atoms with Crippen LogP contribution in [0.3, 0.4) is 0 Å². The van der Waals surface area contributed by atoms with Gasteiger partial charge in [-0.05, 0) is 67.8 Å². The number of alkyl carbamates (subject to hydrolysis) is 1. The Bertz CT molecular complexity index is 1390. The highest BCUT2D eigenvalue weighted by molar-refractivity contribution is 7.90. The van der Waals surface area contributed by atoms with E-state index in [0.29, 0.717) is 16.7 Å². The van der Waals surface area contributed by atoms with Crippen LogP contribution < -0.4 is 5.32 Å². The molecule has 0 heterocycles. The van der Waals surface area contributed by atoms with Crippen LogP contribution in [0.15, 0.2) is 65.6 Å². The molecule has 192 valence electrons. The fraction of sp³-hybridized carbons (Fsp3) is 0.269. The summed E-state index contributed by atoms with van der Waals surface area (Å²) in [6, 6.07) is 13.7. The van der Waals surface area contributed by atoms with E-state index in [-0.39, 0.29) is 20.5 Å². The molecule has 0 spiro atoms.